The molecule has 0 N–H and O–H groups in total. The lowest BCUT2D eigenvalue weighted by atomic mass is 10.2. The van der Waals surface area contributed by atoms with E-state index < -0.39 is 0 Å². The average Bonchev–Trinajstić information content (AvgIpc) is 2.46. The van der Waals surface area contributed by atoms with Crippen molar-refractivity contribution < 1.29 is 14.3 Å². The quantitative estimate of drug-likeness (QED) is 0.726. The Balaban J connectivity index is 2.61. The predicted octanol–water partition coefficient (Wildman–Crippen LogP) is 3.11. The highest BCUT2D eigenvalue weighted by Crippen LogP contribution is 2.20. The van der Waals surface area contributed by atoms with Gasteiger partial charge in [-0.1, -0.05) is 25.1 Å². The highest BCUT2D eigenvalue weighted by molar-refractivity contribution is 8.00. The number of rotatable bonds is 7. The van der Waals surface area contributed by atoms with Crippen molar-refractivity contribution in [3.63, 3.8) is 0 Å². The highest BCUT2D eigenvalue weighted by Gasteiger charge is 2.20. The van der Waals surface area contributed by atoms with Crippen LogP contribution in [0.5, 0.6) is 0 Å². The minimum atomic E-state index is -0.244. The SMILES string of the molecule is COC(=O)CC(C)SCC(=O)N(c1ccccc1)C(C)C. The van der Waals surface area contributed by atoms with Crippen molar-refractivity contribution in [3.05, 3.63) is 30.3 Å². The van der Waals surface area contributed by atoms with Gasteiger partial charge >= 0.3 is 5.97 Å². The Kier molecular flexibility index (Phi) is 7.29. The maximum atomic E-state index is 12.4. The molecule has 21 heavy (non-hydrogen) atoms. The van der Waals surface area contributed by atoms with Crippen LogP contribution in [0.25, 0.3) is 0 Å². The van der Waals surface area contributed by atoms with Crippen molar-refractivity contribution in [1.29, 1.82) is 0 Å². The van der Waals surface area contributed by atoms with Crippen LogP contribution in [0.3, 0.4) is 0 Å². The summed E-state index contributed by atoms with van der Waals surface area (Å²) in [5, 5.41) is 0.0613. The molecule has 4 nitrogen and oxygen atoms in total. The molecule has 0 saturated heterocycles. The van der Waals surface area contributed by atoms with Gasteiger partial charge in [0.05, 0.1) is 19.3 Å². The first kappa shape index (κ1) is 17.6. The number of anilines is 1. The largest absolute Gasteiger partial charge is 0.469 e. The van der Waals surface area contributed by atoms with E-state index in [0.717, 1.165) is 5.69 Å². The van der Waals surface area contributed by atoms with E-state index in [1.165, 1.54) is 18.9 Å². The molecule has 1 unspecified atom stereocenters. The van der Waals surface area contributed by atoms with Crippen LogP contribution in [0, 0.1) is 0 Å². The molecule has 0 spiro atoms. The lowest BCUT2D eigenvalue weighted by Gasteiger charge is -2.27. The standard InChI is InChI=1S/C16H23NO3S/c1-12(2)17(14-8-6-5-7-9-14)15(18)11-21-13(3)10-16(19)20-4/h5-9,12-13H,10-11H2,1-4H3. The number of carbonyl (C=O) groups is 2. The molecule has 0 radical (unpaired) electrons. The maximum absolute atomic E-state index is 12.4. The summed E-state index contributed by atoms with van der Waals surface area (Å²) in [4.78, 5) is 25.4. The second kappa shape index (κ2) is 8.72. The van der Waals surface area contributed by atoms with Gasteiger partial charge in [0.15, 0.2) is 0 Å². The first-order valence-corrected chi connectivity index (χ1v) is 8.06. The molecular formula is C16H23NO3S. The number of ether oxygens (including phenoxy) is 1. The summed E-state index contributed by atoms with van der Waals surface area (Å²) in [5.74, 6) is 0.162. The fourth-order valence-corrected chi connectivity index (χ4v) is 2.80. The normalized spacial score (nSPS) is 12.0. The summed E-state index contributed by atoms with van der Waals surface area (Å²) in [5.41, 5.74) is 0.902. The van der Waals surface area contributed by atoms with E-state index in [1.54, 1.807) is 4.90 Å². The van der Waals surface area contributed by atoms with Gasteiger partial charge in [0, 0.05) is 17.0 Å². The fraction of sp³-hybridized carbons (Fsp3) is 0.500. The van der Waals surface area contributed by atoms with Gasteiger partial charge in [0.2, 0.25) is 5.91 Å². The molecule has 1 amide bonds. The fourth-order valence-electron chi connectivity index (χ4n) is 1.98. The van der Waals surface area contributed by atoms with Gasteiger partial charge in [0.1, 0.15) is 0 Å². The van der Waals surface area contributed by atoms with Crippen molar-refractivity contribution in [3.8, 4) is 0 Å². The third kappa shape index (κ3) is 5.79. The lowest BCUT2D eigenvalue weighted by molar-refractivity contribution is -0.140. The topological polar surface area (TPSA) is 46.6 Å². The Bertz CT molecular complexity index is 462. The number of nitrogens with zero attached hydrogens (tertiary/aromatic N) is 1. The highest BCUT2D eigenvalue weighted by atomic mass is 32.2. The number of esters is 1. The molecule has 0 aliphatic heterocycles. The number of thioether (sulfide) groups is 1. The minimum Gasteiger partial charge on any atom is -0.469 e. The number of hydrogen-bond donors (Lipinski definition) is 0. The summed E-state index contributed by atoms with van der Waals surface area (Å²) in [6.45, 7) is 5.91. The van der Waals surface area contributed by atoms with Crippen LogP contribution in [0.2, 0.25) is 0 Å². The molecular weight excluding hydrogens is 286 g/mol. The molecule has 0 heterocycles. The van der Waals surface area contributed by atoms with Crippen molar-refractivity contribution in [2.45, 2.75) is 38.5 Å². The molecule has 1 aromatic rings. The summed E-state index contributed by atoms with van der Waals surface area (Å²) in [6, 6.07) is 9.73. The molecule has 0 saturated carbocycles. The Morgan fingerprint density at radius 3 is 2.33 bits per heavy atom. The molecule has 1 aromatic carbocycles. The van der Waals surface area contributed by atoms with Crippen LogP contribution >= 0.6 is 11.8 Å². The molecule has 0 aliphatic carbocycles. The second-order valence-electron chi connectivity index (χ2n) is 5.09. The van der Waals surface area contributed by atoms with Crippen molar-refractivity contribution >= 4 is 29.3 Å². The molecule has 1 atom stereocenters. The van der Waals surface area contributed by atoms with Crippen LogP contribution in [0.4, 0.5) is 5.69 Å². The van der Waals surface area contributed by atoms with Crippen LogP contribution in [-0.4, -0.2) is 36.0 Å². The molecule has 0 aromatic heterocycles. The Hall–Kier alpha value is -1.49. The van der Waals surface area contributed by atoms with Gasteiger partial charge in [-0.25, -0.2) is 0 Å². The van der Waals surface area contributed by atoms with E-state index in [2.05, 4.69) is 4.74 Å². The number of amides is 1. The zero-order valence-corrected chi connectivity index (χ0v) is 13.9. The van der Waals surface area contributed by atoms with Crippen LogP contribution in [0.1, 0.15) is 27.2 Å². The van der Waals surface area contributed by atoms with E-state index >= 15 is 0 Å². The van der Waals surface area contributed by atoms with Crippen molar-refractivity contribution in [2.75, 3.05) is 17.8 Å². The zero-order valence-electron chi connectivity index (χ0n) is 13.0. The molecule has 116 valence electrons. The van der Waals surface area contributed by atoms with Gasteiger partial charge in [-0.05, 0) is 26.0 Å². The van der Waals surface area contributed by atoms with Crippen LogP contribution in [-0.2, 0) is 14.3 Å². The Labute approximate surface area is 130 Å². The van der Waals surface area contributed by atoms with Gasteiger partial charge in [-0.2, -0.15) is 0 Å². The Morgan fingerprint density at radius 2 is 1.81 bits per heavy atom. The summed E-state index contributed by atoms with van der Waals surface area (Å²) in [7, 11) is 1.38. The summed E-state index contributed by atoms with van der Waals surface area (Å²) >= 11 is 1.48. The lowest BCUT2D eigenvalue weighted by Crippen LogP contribution is -2.38. The van der Waals surface area contributed by atoms with Crippen molar-refractivity contribution in [2.24, 2.45) is 0 Å². The summed E-state index contributed by atoms with van der Waals surface area (Å²) in [6.07, 6.45) is 0.321. The number of benzene rings is 1. The molecule has 5 heteroatoms. The summed E-state index contributed by atoms with van der Waals surface area (Å²) < 4.78 is 4.64. The van der Waals surface area contributed by atoms with Crippen LogP contribution in [0.15, 0.2) is 30.3 Å². The molecule has 0 bridgehead atoms. The smallest absolute Gasteiger partial charge is 0.306 e. The van der Waals surface area contributed by atoms with E-state index in [1.807, 2.05) is 51.1 Å². The number of carbonyl (C=O) groups excluding carboxylic acids is 2. The predicted molar refractivity (Wildman–Crippen MR) is 87.6 cm³/mol. The number of hydrogen-bond acceptors (Lipinski definition) is 4. The Morgan fingerprint density at radius 1 is 1.19 bits per heavy atom. The van der Waals surface area contributed by atoms with Gasteiger partial charge < -0.3 is 9.64 Å². The molecule has 0 aliphatic rings. The zero-order chi connectivity index (χ0) is 15.8. The van der Waals surface area contributed by atoms with E-state index in [9.17, 15) is 9.59 Å². The van der Waals surface area contributed by atoms with E-state index in [0.29, 0.717) is 12.2 Å². The van der Waals surface area contributed by atoms with Gasteiger partial charge in [0.25, 0.3) is 0 Å². The second-order valence-corrected chi connectivity index (χ2v) is 6.52. The van der Waals surface area contributed by atoms with E-state index in [4.69, 9.17) is 0 Å². The first-order chi connectivity index (χ1) is 9.95. The third-order valence-corrected chi connectivity index (χ3v) is 4.14. The van der Waals surface area contributed by atoms with Gasteiger partial charge in [-0.3, -0.25) is 9.59 Å². The molecule has 1 rings (SSSR count). The number of methoxy groups -OCH3 is 1. The maximum Gasteiger partial charge on any atom is 0.306 e. The average molecular weight is 309 g/mol. The molecule has 0 fully saturated rings. The minimum absolute atomic E-state index is 0.0536. The van der Waals surface area contributed by atoms with Crippen LogP contribution < -0.4 is 4.90 Å². The number of para-hydroxylation sites is 1. The first-order valence-electron chi connectivity index (χ1n) is 7.01. The van der Waals surface area contributed by atoms with Gasteiger partial charge in [-0.15, -0.1) is 11.8 Å². The van der Waals surface area contributed by atoms with Crippen molar-refractivity contribution in [1.82, 2.24) is 0 Å². The van der Waals surface area contributed by atoms with E-state index in [-0.39, 0.29) is 23.2 Å². The third-order valence-electron chi connectivity index (χ3n) is 2.99. The monoisotopic (exact) mass is 309 g/mol.